The van der Waals surface area contributed by atoms with Gasteiger partial charge in [0, 0.05) is 0 Å². The van der Waals surface area contributed by atoms with E-state index in [1.54, 1.807) is 6.08 Å². The van der Waals surface area contributed by atoms with E-state index in [1.807, 2.05) is 0 Å². The van der Waals surface area contributed by atoms with Crippen molar-refractivity contribution in [2.24, 2.45) is 0 Å². The molecular weight excluding hydrogens is 316 g/mol. The molecule has 0 aliphatic carbocycles. The molecule has 2 unspecified atom stereocenters. The Bertz CT molecular complexity index is 665. The predicted molar refractivity (Wildman–Crippen MR) is 88.1 cm³/mol. The maximum Gasteiger partial charge on any atom is 0.355 e. The van der Waals surface area contributed by atoms with E-state index in [4.69, 9.17) is 14.9 Å². The molecule has 0 fully saturated rings. The van der Waals surface area contributed by atoms with Crippen molar-refractivity contribution in [3.63, 3.8) is 0 Å². The van der Waals surface area contributed by atoms with Gasteiger partial charge in [-0.1, -0.05) is 20.8 Å². The van der Waals surface area contributed by atoms with Gasteiger partial charge in [-0.25, -0.2) is 14.3 Å². The fraction of sp³-hybridized carbons (Fsp3) is 0.643. The van der Waals surface area contributed by atoms with Crippen LogP contribution in [-0.4, -0.2) is 40.7 Å². The number of rotatable bonds is 4. The molecule has 2 atom stereocenters. The van der Waals surface area contributed by atoms with E-state index in [0.717, 1.165) is 0 Å². The van der Waals surface area contributed by atoms with Gasteiger partial charge in [-0.2, -0.15) is 4.98 Å². The lowest BCUT2D eigenvalue weighted by Gasteiger charge is -2.39. The maximum atomic E-state index is 12.1. The van der Waals surface area contributed by atoms with Crippen molar-refractivity contribution in [1.82, 2.24) is 14.5 Å². The molecule has 1 aliphatic rings. The standard InChI is InChI=1S/C14H24N4O4Si/c1-14(2,3)23(4,5)22-10-6-9(7-19)21-11(10)18-8-16-12(15)17-13(18)20/h6,8,10-11,19H,7H2,1-5H3,(H2,15,17,20). The molecular formula is C14H24N4O4Si. The smallest absolute Gasteiger partial charge is 0.355 e. The molecule has 9 heteroatoms. The zero-order chi connectivity index (χ0) is 17.4. The molecule has 23 heavy (non-hydrogen) atoms. The summed E-state index contributed by atoms with van der Waals surface area (Å²) >= 11 is 0. The fourth-order valence-electron chi connectivity index (χ4n) is 1.97. The van der Waals surface area contributed by atoms with Crippen LogP contribution in [0.3, 0.4) is 0 Å². The van der Waals surface area contributed by atoms with E-state index in [-0.39, 0.29) is 17.6 Å². The summed E-state index contributed by atoms with van der Waals surface area (Å²) in [4.78, 5) is 19.5. The minimum Gasteiger partial charge on any atom is -0.469 e. The van der Waals surface area contributed by atoms with Crippen LogP contribution in [0.4, 0.5) is 5.95 Å². The van der Waals surface area contributed by atoms with Crippen LogP contribution in [0.2, 0.25) is 18.1 Å². The molecule has 2 heterocycles. The largest absolute Gasteiger partial charge is 0.469 e. The summed E-state index contributed by atoms with van der Waals surface area (Å²) < 4.78 is 13.2. The lowest BCUT2D eigenvalue weighted by atomic mass is 10.2. The van der Waals surface area contributed by atoms with E-state index in [1.165, 1.54) is 10.9 Å². The second-order valence-corrected chi connectivity index (χ2v) is 11.8. The van der Waals surface area contributed by atoms with Gasteiger partial charge >= 0.3 is 5.69 Å². The highest BCUT2D eigenvalue weighted by Gasteiger charge is 2.43. The molecule has 0 bridgehead atoms. The van der Waals surface area contributed by atoms with Crippen molar-refractivity contribution in [2.45, 2.75) is 51.2 Å². The molecule has 0 spiro atoms. The molecule has 128 valence electrons. The number of anilines is 1. The summed E-state index contributed by atoms with van der Waals surface area (Å²) in [6, 6.07) is 0. The van der Waals surface area contributed by atoms with E-state index >= 15 is 0 Å². The second-order valence-electron chi connectivity index (χ2n) is 7.05. The van der Waals surface area contributed by atoms with Crippen molar-refractivity contribution in [3.05, 3.63) is 28.6 Å². The van der Waals surface area contributed by atoms with Gasteiger partial charge in [0.1, 0.15) is 24.8 Å². The Balaban J connectivity index is 2.34. The third-order valence-corrected chi connectivity index (χ3v) is 8.79. The van der Waals surface area contributed by atoms with Crippen molar-refractivity contribution in [1.29, 1.82) is 0 Å². The third kappa shape index (κ3) is 3.62. The Morgan fingerprint density at radius 3 is 2.65 bits per heavy atom. The highest BCUT2D eigenvalue weighted by molar-refractivity contribution is 6.74. The van der Waals surface area contributed by atoms with Crippen molar-refractivity contribution in [2.75, 3.05) is 12.3 Å². The molecule has 0 saturated heterocycles. The first-order valence-corrected chi connectivity index (χ1v) is 10.3. The molecule has 0 radical (unpaired) electrons. The van der Waals surface area contributed by atoms with Crippen LogP contribution >= 0.6 is 0 Å². The van der Waals surface area contributed by atoms with Crippen LogP contribution in [0, 0.1) is 0 Å². The number of aliphatic hydroxyl groups is 1. The fourth-order valence-corrected chi connectivity index (χ4v) is 3.19. The highest BCUT2D eigenvalue weighted by Crippen LogP contribution is 2.40. The number of ether oxygens (including phenoxy) is 1. The second kappa shape index (κ2) is 6.06. The summed E-state index contributed by atoms with van der Waals surface area (Å²) in [5, 5.41) is 9.34. The first-order valence-electron chi connectivity index (χ1n) is 7.42. The van der Waals surface area contributed by atoms with Crippen LogP contribution in [0.15, 0.2) is 23.0 Å². The zero-order valence-corrected chi connectivity index (χ0v) is 15.1. The van der Waals surface area contributed by atoms with Crippen LogP contribution < -0.4 is 11.4 Å². The Morgan fingerprint density at radius 1 is 1.48 bits per heavy atom. The van der Waals surface area contributed by atoms with Crippen LogP contribution in [0.1, 0.15) is 27.0 Å². The first kappa shape index (κ1) is 17.6. The number of hydrogen-bond donors (Lipinski definition) is 2. The highest BCUT2D eigenvalue weighted by atomic mass is 28.4. The molecule has 1 aromatic rings. The number of aromatic nitrogens is 3. The Morgan fingerprint density at radius 2 is 2.13 bits per heavy atom. The average Bonchev–Trinajstić information content (AvgIpc) is 2.79. The van der Waals surface area contributed by atoms with Gasteiger partial charge in [0.15, 0.2) is 8.32 Å². The Hall–Kier alpha value is -1.71. The third-order valence-electron chi connectivity index (χ3n) is 4.32. The summed E-state index contributed by atoms with van der Waals surface area (Å²) in [7, 11) is -2.10. The van der Waals surface area contributed by atoms with Gasteiger partial charge < -0.3 is 20.0 Å². The van der Waals surface area contributed by atoms with Gasteiger partial charge in [0.2, 0.25) is 12.2 Å². The topological polar surface area (TPSA) is 112 Å². The zero-order valence-electron chi connectivity index (χ0n) is 14.1. The van der Waals surface area contributed by atoms with Crippen molar-refractivity contribution < 1.29 is 14.3 Å². The Kier molecular flexibility index (Phi) is 4.65. The molecule has 8 nitrogen and oxygen atoms in total. The van der Waals surface area contributed by atoms with E-state index in [0.29, 0.717) is 5.76 Å². The molecule has 1 aliphatic heterocycles. The van der Waals surface area contributed by atoms with Gasteiger partial charge in [-0.05, 0) is 24.2 Å². The lowest BCUT2D eigenvalue weighted by Crippen LogP contribution is -2.46. The van der Waals surface area contributed by atoms with E-state index in [9.17, 15) is 9.90 Å². The molecule has 0 saturated carbocycles. The van der Waals surface area contributed by atoms with Crippen LogP contribution in [0.25, 0.3) is 0 Å². The summed E-state index contributed by atoms with van der Waals surface area (Å²) in [6.45, 7) is 10.3. The quantitative estimate of drug-likeness (QED) is 0.787. The van der Waals surface area contributed by atoms with Crippen molar-refractivity contribution >= 4 is 14.3 Å². The number of aliphatic hydroxyl groups excluding tert-OH is 1. The summed E-state index contributed by atoms with van der Waals surface area (Å²) in [6.07, 6.45) is 1.74. The number of hydrogen-bond acceptors (Lipinski definition) is 7. The molecule has 2 rings (SSSR count). The van der Waals surface area contributed by atoms with Crippen LogP contribution in [0.5, 0.6) is 0 Å². The predicted octanol–water partition coefficient (Wildman–Crippen LogP) is 1.02. The number of nitrogens with two attached hydrogens (primary N) is 1. The van der Waals surface area contributed by atoms with E-state index in [2.05, 4.69) is 43.8 Å². The van der Waals surface area contributed by atoms with Gasteiger partial charge in [0.05, 0.1) is 0 Å². The first-order chi connectivity index (χ1) is 10.5. The normalized spacial score (nSPS) is 21.9. The maximum absolute atomic E-state index is 12.1. The Labute approximate surface area is 136 Å². The minimum atomic E-state index is -2.10. The van der Waals surface area contributed by atoms with Gasteiger partial charge in [0.25, 0.3) is 0 Å². The molecule has 1 aromatic heterocycles. The van der Waals surface area contributed by atoms with Crippen LogP contribution in [-0.2, 0) is 9.16 Å². The minimum absolute atomic E-state index is 0.00403. The SMILES string of the molecule is CC(C)(C)[Si](C)(C)OC1C=C(CO)OC1n1cnc(N)nc1=O. The van der Waals surface area contributed by atoms with Crippen molar-refractivity contribution in [3.8, 4) is 0 Å². The molecule has 0 aromatic carbocycles. The molecule has 3 N–H and O–H groups in total. The number of nitrogens with zero attached hydrogens (tertiary/aromatic N) is 3. The van der Waals surface area contributed by atoms with Gasteiger partial charge in [-0.15, -0.1) is 0 Å². The monoisotopic (exact) mass is 340 g/mol. The summed E-state index contributed by atoms with van der Waals surface area (Å²) in [5.74, 6) is 0.267. The summed E-state index contributed by atoms with van der Waals surface area (Å²) in [5.41, 5.74) is 4.85. The average molecular weight is 340 g/mol. The van der Waals surface area contributed by atoms with E-state index < -0.39 is 26.3 Å². The van der Waals surface area contributed by atoms with Gasteiger partial charge in [-0.3, -0.25) is 0 Å². The lowest BCUT2D eigenvalue weighted by molar-refractivity contribution is -0.00613. The number of nitrogen functional groups attached to an aromatic ring is 1. The molecule has 0 amide bonds.